The van der Waals surface area contributed by atoms with Gasteiger partial charge in [0.1, 0.15) is 0 Å². The van der Waals surface area contributed by atoms with E-state index in [1.54, 1.807) is 6.07 Å². The zero-order valence-electron chi connectivity index (χ0n) is 14.8. The number of carbonyl (C=O) groups excluding carboxylic acids is 3. The fourth-order valence-corrected chi connectivity index (χ4v) is 2.98. The molecule has 1 amide bonds. The lowest BCUT2D eigenvalue weighted by Gasteiger charge is -2.13. The van der Waals surface area contributed by atoms with Gasteiger partial charge in [-0.3, -0.25) is 24.5 Å². The van der Waals surface area contributed by atoms with Gasteiger partial charge < -0.3 is 10.1 Å². The summed E-state index contributed by atoms with van der Waals surface area (Å²) in [6, 6.07) is 8.82. The second-order valence-corrected chi connectivity index (χ2v) is 7.05. The number of Topliss-reactive ketones (excluding diaryl/α,β-unsaturated/α-hetero) is 1. The molecule has 0 fully saturated rings. The summed E-state index contributed by atoms with van der Waals surface area (Å²) in [6.07, 6.45) is -1.17. The lowest BCUT2D eigenvalue weighted by atomic mass is 10.2. The maximum Gasteiger partial charge on any atom is 0.307 e. The van der Waals surface area contributed by atoms with E-state index in [-0.39, 0.29) is 24.3 Å². The van der Waals surface area contributed by atoms with E-state index < -0.39 is 22.9 Å². The number of rotatable bonds is 8. The van der Waals surface area contributed by atoms with Gasteiger partial charge in [-0.25, -0.2) is 0 Å². The Morgan fingerprint density at radius 3 is 2.37 bits per heavy atom. The number of nitro benzene ring substituents is 1. The number of nitro groups is 1. The van der Waals surface area contributed by atoms with Gasteiger partial charge in [-0.2, -0.15) is 0 Å². The maximum atomic E-state index is 12.0. The highest BCUT2D eigenvalue weighted by molar-refractivity contribution is 7.14. The van der Waals surface area contributed by atoms with Crippen molar-refractivity contribution in [2.24, 2.45) is 0 Å². The lowest BCUT2D eigenvalue weighted by molar-refractivity contribution is -0.384. The van der Waals surface area contributed by atoms with E-state index >= 15 is 0 Å². The Morgan fingerprint density at radius 2 is 1.81 bits per heavy atom. The minimum absolute atomic E-state index is 0.00940. The van der Waals surface area contributed by atoms with Gasteiger partial charge in [0.25, 0.3) is 11.6 Å². The maximum absolute atomic E-state index is 12.0. The van der Waals surface area contributed by atoms with Gasteiger partial charge in [0.05, 0.1) is 16.2 Å². The van der Waals surface area contributed by atoms with Crippen molar-refractivity contribution in [3.05, 3.63) is 56.3 Å². The van der Waals surface area contributed by atoms with Gasteiger partial charge in [-0.1, -0.05) is 0 Å². The largest absolute Gasteiger partial charge is 0.453 e. The standard InChI is InChI=1S/C18H18N2O6S/c1-11-3-9-16(27-11)15(21)8-10-17(22)26-12(2)18(23)19-13-4-6-14(7-5-13)20(24)25/h3-7,9,12H,8,10H2,1-2H3,(H,19,23). The van der Waals surface area contributed by atoms with E-state index in [0.29, 0.717) is 10.6 Å². The number of hydrogen-bond acceptors (Lipinski definition) is 7. The third-order valence-electron chi connectivity index (χ3n) is 3.59. The van der Waals surface area contributed by atoms with Crippen LogP contribution in [0.2, 0.25) is 0 Å². The molecule has 0 saturated carbocycles. The summed E-state index contributed by atoms with van der Waals surface area (Å²) < 4.78 is 5.03. The minimum Gasteiger partial charge on any atom is -0.453 e. The number of thiophene rings is 1. The number of ketones is 1. The molecule has 9 heteroatoms. The highest BCUT2D eigenvalue weighted by Gasteiger charge is 2.19. The van der Waals surface area contributed by atoms with Crippen molar-refractivity contribution in [1.82, 2.24) is 0 Å². The molecule has 1 heterocycles. The van der Waals surface area contributed by atoms with Crippen molar-refractivity contribution in [3.63, 3.8) is 0 Å². The Labute approximate surface area is 159 Å². The predicted molar refractivity (Wildman–Crippen MR) is 99.9 cm³/mol. The van der Waals surface area contributed by atoms with Crippen LogP contribution in [0.15, 0.2) is 36.4 Å². The molecule has 0 spiro atoms. The number of ether oxygens (including phenoxy) is 1. The fraction of sp³-hybridized carbons (Fsp3) is 0.278. The molecule has 1 atom stereocenters. The number of non-ortho nitro benzene ring substituents is 1. The third-order valence-corrected chi connectivity index (χ3v) is 4.64. The summed E-state index contributed by atoms with van der Waals surface area (Å²) in [7, 11) is 0. The molecule has 0 aliphatic carbocycles. The monoisotopic (exact) mass is 390 g/mol. The normalized spacial score (nSPS) is 11.5. The Balaban J connectivity index is 1.80. The molecule has 1 aromatic carbocycles. The van der Waals surface area contributed by atoms with Crippen LogP contribution in [-0.4, -0.2) is 28.7 Å². The molecular weight excluding hydrogens is 372 g/mol. The lowest BCUT2D eigenvalue weighted by Crippen LogP contribution is -2.30. The van der Waals surface area contributed by atoms with Crippen molar-refractivity contribution in [1.29, 1.82) is 0 Å². The van der Waals surface area contributed by atoms with Crippen molar-refractivity contribution >= 4 is 40.4 Å². The van der Waals surface area contributed by atoms with Crippen molar-refractivity contribution < 1.29 is 24.0 Å². The van der Waals surface area contributed by atoms with E-state index in [1.807, 2.05) is 13.0 Å². The SMILES string of the molecule is Cc1ccc(C(=O)CCC(=O)OC(C)C(=O)Nc2ccc([N+](=O)[O-])cc2)s1. The number of carbonyl (C=O) groups is 3. The second-order valence-electron chi connectivity index (χ2n) is 5.76. The van der Waals surface area contributed by atoms with Crippen molar-refractivity contribution in [3.8, 4) is 0 Å². The molecule has 0 bridgehead atoms. The topological polar surface area (TPSA) is 116 Å². The van der Waals surface area contributed by atoms with Crippen LogP contribution in [0.3, 0.4) is 0 Å². The van der Waals surface area contributed by atoms with Gasteiger partial charge in [0.15, 0.2) is 11.9 Å². The highest BCUT2D eigenvalue weighted by Crippen LogP contribution is 2.18. The Morgan fingerprint density at radius 1 is 1.15 bits per heavy atom. The first kappa shape index (κ1) is 20.2. The first-order chi connectivity index (χ1) is 12.8. The van der Waals surface area contributed by atoms with Crippen molar-refractivity contribution in [2.75, 3.05) is 5.32 Å². The summed E-state index contributed by atoms with van der Waals surface area (Å²) in [5, 5.41) is 13.1. The van der Waals surface area contributed by atoms with Crippen molar-refractivity contribution in [2.45, 2.75) is 32.8 Å². The van der Waals surface area contributed by atoms with Crippen LogP contribution in [0.25, 0.3) is 0 Å². The first-order valence-electron chi connectivity index (χ1n) is 8.10. The summed E-state index contributed by atoms with van der Waals surface area (Å²) in [5.74, 6) is -1.37. The molecule has 1 aromatic heterocycles. The first-order valence-corrected chi connectivity index (χ1v) is 8.92. The highest BCUT2D eigenvalue weighted by atomic mass is 32.1. The zero-order valence-corrected chi connectivity index (χ0v) is 15.6. The van der Waals surface area contributed by atoms with E-state index in [2.05, 4.69) is 5.32 Å². The van der Waals surface area contributed by atoms with Crippen LogP contribution in [0.4, 0.5) is 11.4 Å². The number of esters is 1. The number of nitrogens with one attached hydrogen (secondary N) is 1. The van der Waals surface area contributed by atoms with Crippen LogP contribution in [0, 0.1) is 17.0 Å². The van der Waals surface area contributed by atoms with E-state index in [9.17, 15) is 24.5 Å². The van der Waals surface area contributed by atoms with Crippen LogP contribution < -0.4 is 5.32 Å². The summed E-state index contributed by atoms with van der Waals surface area (Å²) in [6.45, 7) is 3.30. The Bertz CT molecular complexity index is 859. The molecule has 0 radical (unpaired) electrons. The fourth-order valence-electron chi connectivity index (χ4n) is 2.14. The van der Waals surface area contributed by atoms with Gasteiger partial charge >= 0.3 is 5.97 Å². The van der Waals surface area contributed by atoms with Gasteiger partial charge in [0, 0.05) is 29.1 Å². The molecule has 2 rings (SSSR count). The van der Waals surface area contributed by atoms with E-state index in [0.717, 1.165) is 4.88 Å². The second kappa shape index (κ2) is 9.04. The summed E-state index contributed by atoms with van der Waals surface area (Å²) in [4.78, 5) is 47.5. The summed E-state index contributed by atoms with van der Waals surface area (Å²) in [5.41, 5.74) is 0.245. The van der Waals surface area contributed by atoms with Crippen LogP contribution >= 0.6 is 11.3 Å². The molecule has 0 aliphatic heterocycles. The Hall–Kier alpha value is -3.07. The molecule has 1 unspecified atom stereocenters. The number of amides is 1. The Kier molecular flexibility index (Phi) is 6.78. The number of benzene rings is 1. The molecule has 0 saturated heterocycles. The number of hydrogen-bond donors (Lipinski definition) is 1. The average molecular weight is 390 g/mol. The number of anilines is 1. The molecule has 27 heavy (non-hydrogen) atoms. The van der Waals surface area contributed by atoms with Crippen LogP contribution in [0.5, 0.6) is 0 Å². The molecule has 1 N–H and O–H groups in total. The number of aryl methyl sites for hydroxylation is 1. The van der Waals surface area contributed by atoms with Crippen LogP contribution in [-0.2, 0) is 14.3 Å². The quantitative estimate of drug-likeness (QED) is 0.319. The predicted octanol–water partition coefficient (Wildman–Crippen LogP) is 3.50. The molecule has 2 aromatic rings. The third kappa shape index (κ3) is 6.00. The van der Waals surface area contributed by atoms with E-state index in [4.69, 9.17) is 4.74 Å². The molecular formula is C18H18N2O6S. The molecule has 0 aliphatic rings. The molecule has 142 valence electrons. The van der Waals surface area contributed by atoms with Gasteiger partial charge in [-0.15, -0.1) is 11.3 Å². The van der Waals surface area contributed by atoms with Gasteiger partial charge in [0.2, 0.25) is 0 Å². The number of nitrogens with zero attached hydrogens (tertiary/aromatic N) is 1. The molecule has 8 nitrogen and oxygen atoms in total. The van der Waals surface area contributed by atoms with Crippen LogP contribution in [0.1, 0.15) is 34.3 Å². The van der Waals surface area contributed by atoms with E-state index in [1.165, 1.54) is 42.5 Å². The van der Waals surface area contributed by atoms with Gasteiger partial charge in [-0.05, 0) is 38.1 Å². The minimum atomic E-state index is -1.06. The smallest absolute Gasteiger partial charge is 0.307 e. The zero-order chi connectivity index (χ0) is 20.0. The summed E-state index contributed by atoms with van der Waals surface area (Å²) >= 11 is 1.36. The average Bonchev–Trinajstić information content (AvgIpc) is 3.06.